The van der Waals surface area contributed by atoms with Gasteiger partial charge in [-0.25, -0.2) is 4.79 Å². The number of rotatable bonds is 1. The van der Waals surface area contributed by atoms with Crippen LogP contribution in [0.25, 0.3) is 0 Å². The molecule has 5 N–H and O–H groups in total. The Hall–Kier alpha value is -1.42. The van der Waals surface area contributed by atoms with Crippen molar-refractivity contribution in [2.75, 3.05) is 11.5 Å². The number of nitrogens with two attached hydrogens (primary N) is 2. The second-order valence-corrected chi connectivity index (χ2v) is 2.67. The lowest BCUT2D eigenvalue weighted by Gasteiger charge is -2.03. The molecule has 64 valence electrons. The van der Waals surface area contributed by atoms with Crippen molar-refractivity contribution in [3.05, 3.63) is 22.7 Å². The van der Waals surface area contributed by atoms with Gasteiger partial charge in [-0.05, 0) is 12.1 Å². The molecule has 0 bridgehead atoms. The van der Waals surface area contributed by atoms with Crippen LogP contribution in [-0.4, -0.2) is 11.1 Å². The fraction of sp³-hybridized carbons (Fsp3) is 0. The number of carboxylic acids is 1. The van der Waals surface area contributed by atoms with Gasteiger partial charge in [0.05, 0.1) is 16.3 Å². The standard InChI is InChI=1S/C7H7ClN2O2/c8-4-2-5(9)3(7(11)12)1-6(4)10/h1-2H,9-10H2,(H,11,12). The summed E-state index contributed by atoms with van der Waals surface area (Å²) in [5.41, 5.74) is 11.0. The molecule has 5 heteroatoms. The summed E-state index contributed by atoms with van der Waals surface area (Å²) >= 11 is 5.59. The SMILES string of the molecule is Nc1cc(C(=O)O)c(N)cc1Cl. The van der Waals surface area contributed by atoms with E-state index >= 15 is 0 Å². The van der Waals surface area contributed by atoms with Crippen LogP contribution in [0.2, 0.25) is 5.02 Å². The van der Waals surface area contributed by atoms with Crippen LogP contribution in [0.15, 0.2) is 12.1 Å². The fourth-order valence-corrected chi connectivity index (χ4v) is 0.963. The summed E-state index contributed by atoms with van der Waals surface area (Å²) in [5, 5.41) is 8.86. The molecule has 0 atom stereocenters. The zero-order valence-electron chi connectivity index (χ0n) is 6.04. The van der Waals surface area contributed by atoms with E-state index in [2.05, 4.69) is 0 Å². The first-order valence-corrected chi connectivity index (χ1v) is 3.48. The van der Waals surface area contributed by atoms with E-state index < -0.39 is 5.97 Å². The number of hydrogen-bond donors (Lipinski definition) is 3. The van der Waals surface area contributed by atoms with Crippen LogP contribution in [0.3, 0.4) is 0 Å². The Morgan fingerprint density at radius 3 is 2.42 bits per heavy atom. The zero-order chi connectivity index (χ0) is 9.30. The monoisotopic (exact) mass is 186 g/mol. The quantitative estimate of drug-likeness (QED) is 0.575. The van der Waals surface area contributed by atoms with Crippen LogP contribution < -0.4 is 11.5 Å². The largest absolute Gasteiger partial charge is 0.478 e. The van der Waals surface area contributed by atoms with Gasteiger partial charge in [0.2, 0.25) is 0 Å². The summed E-state index contributed by atoms with van der Waals surface area (Å²) in [5.74, 6) is -1.11. The second kappa shape index (κ2) is 2.91. The highest BCUT2D eigenvalue weighted by atomic mass is 35.5. The molecule has 0 unspecified atom stereocenters. The number of benzene rings is 1. The molecule has 0 saturated heterocycles. The minimum Gasteiger partial charge on any atom is -0.478 e. The Labute approximate surface area is 73.7 Å². The Balaban J connectivity index is 3.33. The van der Waals surface area contributed by atoms with Crippen molar-refractivity contribution in [1.82, 2.24) is 0 Å². The molecule has 0 saturated carbocycles. The number of halogens is 1. The van der Waals surface area contributed by atoms with Gasteiger partial charge in [-0.3, -0.25) is 0 Å². The van der Waals surface area contributed by atoms with Crippen LogP contribution in [0.5, 0.6) is 0 Å². The van der Waals surface area contributed by atoms with Crippen molar-refractivity contribution in [2.45, 2.75) is 0 Å². The molecule has 1 aromatic rings. The minimum absolute atomic E-state index is 0.0306. The number of hydrogen-bond acceptors (Lipinski definition) is 3. The molecule has 12 heavy (non-hydrogen) atoms. The molecule has 0 fully saturated rings. The maximum Gasteiger partial charge on any atom is 0.337 e. The predicted octanol–water partition coefficient (Wildman–Crippen LogP) is 1.20. The lowest BCUT2D eigenvalue weighted by atomic mass is 10.1. The minimum atomic E-state index is -1.11. The van der Waals surface area contributed by atoms with E-state index in [0.29, 0.717) is 0 Å². The van der Waals surface area contributed by atoms with Crippen molar-refractivity contribution >= 4 is 28.9 Å². The number of anilines is 2. The van der Waals surface area contributed by atoms with Crippen molar-refractivity contribution < 1.29 is 9.90 Å². The number of carboxylic acid groups (broad SMARTS) is 1. The third-order valence-corrected chi connectivity index (χ3v) is 1.73. The third kappa shape index (κ3) is 1.43. The van der Waals surface area contributed by atoms with Crippen molar-refractivity contribution in [2.24, 2.45) is 0 Å². The summed E-state index contributed by atoms with van der Waals surface area (Å²) in [6, 6.07) is 2.56. The van der Waals surface area contributed by atoms with Gasteiger partial charge in [0.15, 0.2) is 0 Å². The Kier molecular flexibility index (Phi) is 2.10. The fourth-order valence-electron chi connectivity index (χ4n) is 0.791. The van der Waals surface area contributed by atoms with Crippen LogP contribution >= 0.6 is 11.6 Å². The average molecular weight is 187 g/mol. The van der Waals surface area contributed by atoms with E-state index in [9.17, 15) is 4.79 Å². The number of carbonyl (C=O) groups is 1. The predicted molar refractivity (Wildman–Crippen MR) is 47.2 cm³/mol. The zero-order valence-corrected chi connectivity index (χ0v) is 6.80. The maximum atomic E-state index is 10.5. The molecular weight excluding hydrogens is 180 g/mol. The van der Waals surface area contributed by atoms with Gasteiger partial charge in [-0.15, -0.1) is 0 Å². The molecule has 1 rings (SSSR count). The summed E-state index contributed by atoms with van der Waals surface area (Å²) in [4.78, 5) is 10.5. The van der Waals surface area contributed by atoms with Gasteiger partial charge in [0.25, 0.3) is 0 Å². The smallest absolute Gasteiger partial charge is 0.337 e. The molecule has 0 heterocycles. The first-order valence-electron chi connectivity index (χ1n) is 3.10. The summed E-state index contributed by atoms with van der Waals surface area (Å²) in [6.07, 6.45) is 0. The molecule has 0 spiro atoms. The van der Waals surface area contributed by atoms with Crippen molar-refractivity contribution in [3.8, 4) is 0 Å². The lowest BCUT2D eigenvalue weighted by Crippen LogP contribution is -2.03. The highest BCUT2D eigenvalue weighted by Crippen LogP contribution is 2.24. The van der Waals surface area contributed by atoms with E-state index in [4.69, 9.17) is 28.2 Å². The summed E-state index contributed by atoms with van der Waals surface area (Å²) in [7, 11) is 0. The van der Waals surface area contributed by atoms with Gasteiger partial charge in [0.1, 0.15) is 0 Å². The Morgan fingerprint density at radius 1 is 1.33 bits per heavy atom. The van der Waals surface area contributed by atoms with Crippen molar-refractivity contribution in [1.29, 1.82) is 0 Å². The van der Waals surface area contributed by atoms with Gasteiger partial charge < -0.3 is 16.6 Å². The normalized spacial score (nSPS) is 9.75. The Morgan fingerprint density at radius 2 is 1.92 bits per heavy atom. The molecule has 4 nitrogen and oxygen atoms in total. The topological polar surface area (TPSA) is 89.3 Å². The Bertz CT molecular complexity index is 338. The molecule has 0 aliphatic rings. The van der Waals surface area contributed by atoms with E-state index in [-0.39, 0.29) is 22.0 Å². The molecule has 0 aliphatic heterocycles. The number of aromatic carboxylic acids is 1. The highest BCUT2D eigenvalue weighted by molar-refractivity contribution is 6.33. The van der Waals surface area contributed by atoms with E-state index in [1.807, 2.05) is 0 Å². The number of nitrogen functional groups attached to an aromatic ring is 2. The van der Waals surface area contributed by atoms with Crippen molar-refractivity contribution in [3.63, 3.8) is 0 Å². The maximum absolute atomic E-state index is 10.5. The summed E-state index contributed by atoms with van der Waals surface area (Å²) in [6.45, 7) is 0. The highest BCUT2D eigenvalue weighted by Gasteiger charge is 2.09. The van der Waals surface area contributed by atoms with Crippen LogP contribution in [0, 0.1) is 0 Å². The second-order valence-electron chi connectivity index (χ2n) is 2.27. The van der Waals surface area contributed by atoms with Gasteiger partial charge in [-0.1, -0.05) is 11.6 Å². The molecule has 0 aromatic heterocycles. The van der Waals surface area contributed by atoms with E-state index in [0.717, 1.165) is 0 Å². The molecule has 0 radical (unpaired) electrons. The van der Waals surface area contributed by atoms with Crippen LogP contribution in [-0.2, 0) is 0 Å². The van der Waals surface area contributed by atoms with Gasteiger partial charge >= 0.3 is 5.97 Å². The van der Waals surface area contributed by atoms with Gasteiger partial charge in [-0.2, -0.15) is 0 Å². The first kappa shape index (κ1) is 8.67. The van der Waals surface area contributed by atoms with E-state index in [1.165, 1.54) is 12.1 Å². The van der Waals surface area contributed by atoms with E-state index in [1.54, 1.807) is 0 Å². The molecular formula is C7H7ClN2O2. The first-order chi connectivity index (χ1) is 5.52. The molecule has 0 aliphatic carbocycles. The van der Waals surface area contributed by atoms with Crippen LogP contribution in [0.1, 0.15) is 10.4 Å². The third-order valence-electron chi connectivity index (χ3n) is 1.40. The lowest BCUT2D eigenvalue weighted by molar-refractivity contribution is 0.0698. The van der Waals surface area contributed by atoms with Gasteiger partial charge in [0, 0.05) is 5.69 Å². The molecule has 1 aromatic carbocycles. The molecule has 0 amide bonds. The average Bonchev–Trinajstić information content (AvgIpc) is 1.96. The summed E-state index contributed by atoms with van der Waals surface area (Å²) < 4.78 is 0. The van der Waals surface area contributed by atoms with Crippen LogP contribution in [0.4, 0.5) is 11.4 Å².